The number of methoxy groups -OCH3 is 1. The van der Waals surface area contributed by atoms with Gasteiger partial charge in [0.2, 0.25) is 5.76 Å². The molecule has 1 fully saturated rings. The lowest BCUT2D eigenvalue weighted by molar-refractivity contribution is 0.0424. The van der Waals surface area contributed by atoms with Gasteiger partial charge in [0.15, 0.2) is 5.89 Å². The Bertz CT molecular complexity index is 693. The zero-order chi connectivity index (χ0) is 15.7. The van der Waals surface area contributed by atoms with Gasteiger partial charge in [0, 0.05) is 13.0 Å². The molecule has 0 aliphatic carbocycles. The molecule has 0 radical (unpaired) electrons. The maximum absolute atomic E-state index is 12.7. The molecule has 1 aliphatic heterocycles. The highest BCUT2D eigenvalue weighted by Gasteiger charge is 2.36. The molecule has 22 heavy (non-hydrogen) atoms. The van der Waals surface area contributed by atoms with Crippen molar-refractivity contribution in [1.82, 2.24) is 9.88 Å². The number of nitrogens with zero attached hydrogens (tertiary/aromatic N) is 2. The summed E-state index contributed by atoms with van der Waals surface area (Å²) in [7, 11) is 1.65. The normalized spacial score (nSPS) is 17.2. The molecule has 5 heteroatoms. The summed E-state index contributed by atoms with van der Waals surface area (Å²) in [6.07, 6.45) is 1.64. The zero-order valence-electron chi connectivity index (χ0n) is 13.1. The van der Waals surface area contributed by atoms with Gasteiger partial charge < -0.3 is 14.1 Å². The van der Waals surface area contributed by atoms with Gasteiger partial charge in [0.1, 0.15) is 5.75 Å². The number of likely N-dealkylation sites (tertiary alicyclic amines) is 1. The number of amides is 1. The van der Waals surface area contributed by atoms with E-state index >= 15 is 0 Å². The second-order valence-electron chi connectivity index (χ2n) is 5.46. The van der Waals surface area contributed by atoms with E-state index in [4.69, 9.17) is 9.15 Å². The van der Waals surface area contributed by atoms with Gasteiger partial charge in [-0.05, 0) is 31.0 Å². The first kappa shape index (κ1) is 14.6. The summed E-state index contributed by atoms with van der Waals surface area (Å²) in [5.41, 5.74) is 1.75. The number of carbonyl (C=O) groups excluding carboxylic acids is 1. The summed E-state index contributed by atoms with van der Waals surface area (Å²) in [5, 5.41) is 0. The summed E-state index contributed by atoms with van der Waals surface area (Å²) in [5.74, 6) is 1.70. The van der Waals surface area contributed by atoms with Crippen LogP contribution in [0.5, 0.6) is 5.75 Å². The van der Waals surface area contributed by atoms with Crippen LogP contribution in [-0.2, 0) is 6.42 Å². The van der Waals surface area contributed by atoms with E-state index < -0.39 is 0 Å². The van der Waals surface area contributed by atoms with Crippen LogP contribution in [0.3, 0.4) is 0 Å². The van der Waals surface area contributed by atoms with Crippen molar-refractivity contribution in [3.63, 3.8) is 0 Å². The Hall–Kier alpha value is -2.30. The first-order valence-electron chi connectivity index (χ1n) is 7.55. The lowest BCUT2D eigenvalue weighted by Gasteiger charge is -2.40. The van der Waals surface area contributed by atoms with Crippen molar-refractivity contribution >= 4 is 5.91 Å². The van der Waals surface area contributed by atoms with Gasteiger partial charge in [-0.25, -0.2) is 4.98 Å². The smallest absolute Gasteiger partial charge is 0.292 e. The highest BCUT2D eigenvalue weighted by molar-refractivity contribution is 5.93. The summed E-state index contributed by atoms with van der Waals surface area (Å²) >= 11 is 0. The molecule has 0 N–H and O–H groups in total. The molecule has 0 spiro atoms. The Morgan fingerprint density at radius 2 is 2.32 bits per heavy atom. The van der Waals surface area contributed by atoms with Crippen LogP contribution in [0.15, 0.2) is 28.7 Å². The third-order valence-corrected chi connectivity index (χ3v) is 4.10. The van der Waals surface area contributed by atoms with Crippen LogP contribution in [0.2, 0.25) is 0 Å². The van der Waals surface area contributed by atoms with E-state index in [0.717, 1.165) is 24.3 Å². The van der Waals surface area contributed by atoms with Crippen LogP contribution in [-0.4, -0.2) is 29.4 Å². The average molecular weight is 300 g/mol. The van der Waals surface area contributed by atoms with E-state index in [0.29, 0.717) is 23.8 Å². The average Bonchev–Trinajstić information content (AvgIpc) is 2.87. The molecule has 1 atom stereocenters. The van der Waals surface area contributed by atoms with Gasteiger partial charge in [-0.3, -0.25) is 4.79 Å². The number of oxazole rings is 1. The largest absolute Gasteiger partial charge is 0.497 e. The zero-order valence-corrected chi connectivity index (χ0v) is 13.1. The molecule has 2 heterocycles. The number of aryl methyl sites for hydroxylation is 2. The minimum absolute atomic E-state index is 0.0798. The lowest BCUT2D eigenvalue weighted by atomic mass is 9.94. The number of benzene rings is 1. The van der Waals surface area contributed by atoms with Gasteiger partial charge >= 0.3 is 0 Å². The molecule has 1 aromatic heterocycles. The molecule has 3 rings (SSSR count). The number of rotatable bonds is 4. The second kappa shape index (κ2) is 5.83. The van der Waals surface area contributed by atoms with Crippen molar-refractivity contribution in [3.05, 3.63) is 47.2 Å². The maximum atomic E-state index is 12.7. The van der Waals surface area contributed by atoms with Crippen molar-refractivity contribution in [2.24, 2.45) is 0 Å². The van der Waals surface area contributed by atoms with E-state index in [1.807, 2.05) is 43.0 Å². The van der Waals surface area contributed by atoms with E-state index in [1.165, 1.54) is 0 Å². The molecule has 0 unspecified atom stereocenters. The second-order valence-corrected chi connectivity index (χ2v) is 5.46. The molecule has 2 aromatic rings. The third-order valence-electron chi connectivity index (χ3n) is 4.10. The van der Waals surface area contributed by atoms with E-state index in [2.05, 4.69) is 4.98 Å². The summed E-state index contributed by atoms with van der Waals surface area (Å²) in [6, 6.07) is 7.94. The Balaban J connectivity index is 1.82. The van der Waals surface area contributed by atoms with Crippen LogP contribution in [0.4, 0.5) is 0 Å². The quantitative estimate of drug-likeness (QED) is 0.870. The van der Waals surface area contributed by atoms with Gasteiger partial charge in [-0.2, -0.15) is 0 Å². The maximum Gasteiger partial charge on any atom is 0.292 e. The molecule has 116 valence electrons. The van der Waals surface area contributed by atoms with Crippen LogP contribution < -0.4 is 4.74 Å². The molecular formula is C17H20N2O3. The summed E-state index contributed by atoms with van der Waals surface area (Å²) < 4.78 is 10.8. The SMILES string of the molecule is CCc1nc(C)c(C(=O)N2CC[C@H]2c2cccc(OC)c2)o1. The van der Waals surface area contributed by atoms with Crippen molar-refractivity contribution < 1.29 is 13.9 Å². The lowest BCUT2D eigenvalue weighted by Crippen LogP contribution is -2.45. The first-order chi connectivity index (χ1) is 10.6. The Labute approximate surface area is 129 Å². The minimum atomic E-state index is -0.0798. The third kappa shape index (κ3) is 2.47. The van der Waals surface area contributed by atoms with E-state index in [9.17, 15) is 4.79 Å². The van der Waals surface area contributed by atoms with Gasteiger partial charge in [-0.15, -0.1) is 0 Å². The number of hydrogen-bond donors (Lipinski definition) is 0. The van der Waals surface area contributed by atoms with Crippen LogP contribution in [0, 0.1) is 6.92 Å². The predicted octanol–water partition coefficient (Wildman–Crippen LogP) is 3.14. The fraction of sp³-hybridized carbons (Fsp3) is 0.412. The first-order valence-corrected chi connectivity index (χ1v) is 7.55. The molecule has 1 saturated heterocycles. The summed E-state index contributed by atoms with van der Waals surface area (Å²) in [4.78, 5) is 18.8. The van der Waals surface area contributed by atoms with Gasteiger partial charge in [0.25, 0.3) is 5.91 Å². The Morgan fingerprint density at radius 1 is 1.50 bits per heavy atom. The van der Waals surface area contributed by atoms with Gasteiger partial charge in [-0.1, -0.05) is 19.1 Å². The number of hydrogen-bond acceptors (Lipinski definition) is 4. The van der Waals surface area contributed by atoms with Crippen molar-refractivity contribution in [2.45, 2.75) is 32.7 Å². The molecule has 5 nitrogen and oxygen atoms in total. The standard InChI is InChI=1S/C17H20N2O3/c1-4-15-18-11(2)16(22-15)17(20)19-9-8-14(19)12-6-5-7-13(10-12)21-3/h5-7,10,14H,4,8-9H2,1-3H3/t14-/m0/s1. The molecule has 1 aromatic carbocycles. The Kier molecular flexibility index (Phi) is 3.88. The topological polar surface area (TPSA) is 55.6 Å². The van der Waals surface area contributed by atoms with E-state index in [-0.39, 0.29) is 11.9 Å². The predicted molar refractivity (Wildman–Crippen MR) is 82.0 cm³/mol. The molecular weight excluding hydrogens is 280 g/mol. The van der Waals surface area contributed by atoms with Crippen molar-refractivity contribution in [2.75, 3.05) is 13.7 Å². The Morgan fingerprint density at radius 3 is 2.91 bits per heavy atom. The minimum Gasteiger partial charge on any atom is -0.497 e. The summed E-state index contributed by atoms with van der Waals surface area (Å²) in [6.45, 7) is 4.51. The molecule has 0 saturated carbocycles. The fourth-order valence-corrected chi connectivity index (χ4v) is 2.76. The van der Waals surface area contributed by atoms with E-state index in [1.54, 1.807) is 7.11 Å². The highest BCUT2D eigenvalue weighted by atomic mass is 16.5. The fourth-order valence-electron chi connectivity index (χ4n) is 2.76. The van der Waals surface area contributed by atoms with Crippen LogP contribution in [0.25, 0.3) is 0 Å². The van der Waals surface area contributed by atoms with Crippen LogP contribution in [0.1, 0.15) is 47.1 Å². The number of ether oxygens (including phenoxy) is 1. The number of carbonyl (C=O) groups is 1. The van der Waals surface area contributed by atoms with Crippen LogP contribution >= 0.6 is 0 Å². The van der Waals surface area contributed by atoms with Gasteiger partial charge in [0.05, 0.1) is 18.8 Å². The van der Waals surface area contributed by atoms with Crippen molar-refractivity contribution in [3.8, 4) is 5.75 Å². The highest BCUT2D eigenvalue weighted by Crippen LogP contribution is 2.36. The number of aromatic nitrogens is 1. The molecule has 0 bridgehead atoms. The molecule has 1 amide bonds. The monoisotopic (exact) mass is 300 g/mol. The van der Waals surface area contributed by atoms with Crippen molar-refractivity contribution in [1.29, 1.82) is 0 Å². The molecule has 1 aliphatic rings.